The minimum absolute atomic E-state index is 0.102. The van der Waals surface area contributed by atoms with Gasteiger partial charge in [-0.3, -0.25) is 0 Å². The van der Waals surface area contributed by atoms with Crippen LogP contribution in [0.1, 0.15) is 36.7 Å². The summed E-state index contributed by atoms with van der Waals surface area (Å²) >= 11 is 0. The number of hydrogen-bond donors (Lipinski definition) is 0. The second-order valence-corrected chi connectivity index (χ2v) is 6.34. The van der Waals surface area contributed by atoms with Gasteiger partial charge in [-0.25, -0.2) is 4.98 Å². The molecule has 3 nitrogen and oxygen atoms in total. The maximum Gasteiger partial charge on any atom is 0.434 e. The number of nitrogens with zero attached hydrogens (tertiary/aromatic N) is 3. The van der Waals surface area contributed by atoms with Crippen LogP contribution in [-0.4, -0.2) is 28.5 Å². The molecule has 0 N–H and O–H groups in total. The van der Waals surface area contributed by atoms with Gasteiger partial charge in [0, 0.05) is 24.3 Å². The van der Waals surface area contributed by atoms with Gasteiger partial charge in [-0.05, 0) is 46.0 Å². The molecule has 1 heterocycles. The van der Waals surface area contributed by atoms with Crippen LogP contribution in [0, 0.1) is 6.92 Å². The molecule has 0 saturated heterocycles. The standard InChI is InChI=1S/C17H22F3N3/c1-11(2)23-10-15(17(18,19)20)21-16(23)14-7-6-13(8-12(14)3)9-22(4)5/h6-8,10-11H,9H2,1-5H3. The quantitative estimate of drug-likeness (QED) is 0.824. The first kappa shape index (κ1) is 17.5. The van der Waals surface area contributed by atoms with Crippen LogP contribution >= 0.6 is 0 Å². The summed E-state index contributed by atoms with van der Waals surface area (Å²) < 4.78 is 40.5. The monoisotopic (exact) mass is 325 g/mol. The third-order valence-electron chi connectivity index (χ3n) is 3.61. The lowest BCUT2D eigenvalue weighted by atomic mass is 10.0. The Morgan fingerprint density at radius 3 is 2.35 bits per heavy atom. The van der Waals surface area contributed by atoms with E-state index in [1.165, 1.54) is 0 Å². The van der Waals surface area contributed by atoms with E-state index in [2.05, 4.69) is 4.98 Å². The van der Waals surface area contributed by atoms with Gasteiger partial charge in [0.05, 0.1) is 0 Å². The van der Waals surface area contributed by atoms with Gasteiger partial charge in [-0.2, -0.15) is 13.2 Å². The Morgan fingerprint density at radius 1 is 1.22 bits per heavy atom. The molecule has 1 aromatic heterocycles. The minimum Gasteiger partial charge on any atom is -0.328 e. The molecule has 2 rings (SSSR count). The summed E-state index contributed by atoms with van der Waals surface area (Å²) in [7, 11) is 3.95. The molecule has 0 atom stereocenters. The lowest BCUT2D eigenvalue weighted by molar-refractivity contribution is -0.140. The van der Waals surface area contributed by atoms with E-state index in [1.807, 2.05) is 58.0 Å². The molecule has 0 aliphatic heterocycles. The number of rotatable bonds is 4. The Bertz CT molecular complexity index is 685. The zero-order valence-corrected chi connectivity index (χ0v) is 14.1. The summed E-state index contributed by atoms with van der Waals surface area (Å²) in [6, 6.07) is 5.70. The van der Waals surface area contributed by atoms with Crippen molar-refractivity contribution in [1.29, 1.82) is 0 Å². The van der Waals surface area contributed by atoms with Crippen LogP contribution in [0.2, 0.25) is 0 Å². The molecular formula is C17H22F3N3. The van der Waals surface area contributed by atoms with Gasteiger partial charge < -0.3 is 9.47 Å². The first-order valence-corrected chi connectivity index (χ1v) is 7.50. The highest BCUT2D eigenvalue weighted by atomic mass is 19.4. The van der Waals surface area contributed by atoms with E-state index in [0.717, 1.165) is 29.4 Å². The molecule has 0 aliphatic carbocycles. The summed E-state index contributed by atoms with van der Waals surface area (Å²) in [6.45, 7) is 6.39. The van der Waals surface area contributed by atoms with Crippen LogP contribution in [-0.2, 0) is 12.7 Å². The molecule has 0 spiro atoms. The lowest BCUT2D eigenvalue weighted by Gasteiger charge is -2.15. The molecule has 0 saturated carbocycles. The van der Waals surface area contributed by atoms with Crippen molar-refractivity contribution in [2.75, 3.05) is 14.1 Å². The van der Waals surface area contributed by atoms with Crippen molar-refractivity contribution >= 4 is 0 Å². The topological polar surface area (TPSA) is 21.1 Å². The molecule has 0 amide bonds. The Hall–Kier alpha value is -1.82. The molecule has 1 aromatic carbocycles. The van der Waals surface area contributed by atoms with Crippen LogP contribution in [0.4, 0.5) is 13.2 Å². The molecule has 0 bridgehead atoms. The fraction of sp³-hybridized carbons (Fsp3) is 0.471. The van der Waals surface area contributed by atoms with Crippen LogP contribution < -0.4 is 0 Å². The molecule has 0 aliphatic rings. The highest BCUT2D eigenvalue weighted by molar-refractivity contribution is 5.62. The maximum atomic E-state index is 13.0. The molecular weight excluding hydrogens is 303 g/mol. The van der Waals surface area contributed by atoms with Crippen LogP contribution in [0.3, 0.4) is 0 Å². The summed E-state index contributed by atoms with van der Waals surface area (Å²) in [5, 5.41) is 0. The highest BCUT2D eigenvalue weighted by Crippen LogP contribution is 2.33. The second-order valence-electron chi connectivity index (χ2n) is 6.34. The van der Waals surface area contributed by atoms with Gasteiger partial charge in [-0.1, -0.05) is 18.2 Å². The fourth-order valence-electron chi connectivity index (χ4n) is 2.56. The number of aromatic nitrogens is 2. The van der Waals surface area contributed by atoms with E-state index in [9.17, 15) is 13.2 Å². The largest absolute Gasteiger partial charge is 0.434 e. The summed E-state index contributed by atoms with van der Waals surface area (Å²) in [5.41, 5.74) is 1.93. The first-order valence-electron chi connectivity index (χ1n) is 7.50. The smallest absolute Gasteiger partial charge is 0.328 e. The van der Waals surface area contributed by atoms with E-state index in [1.54, 1.807) is 4.57 Å². The Morgan fingerprint density at radius 2 is 1.87 bits per heavy atom. The molecule has 23 heavy (non-hydrogen) atoms. The van der Waals surface area contributed by atoms with Crippen LogP contribution in [0.25, 0.3) is 11.4 Å². The van der Waals surface area contributed by atoms with Gasteiger partial charge >= 0.3 is 6.18 Å². The number of halogens is 3. The average Bonchev–Trinajstić information content (AvgIpc) is 2.82. The van der Waals surface area contributed by atoms with E-state index in [4.69, 9.17) is 0 Å². The zero-order chi connectivity index (χ0) is 17.4. The zero-order valence-electron chi connectivity index (χ0n) is 14.1. The predicted octanol–water partition coefficient (Wildman–Crippen LogP) is 4.52. The van der Waals surface area contributed by atoms with E-state index in [-0.39, 0.29) is 6.04 Å². The third kappa shape index (κ3) is 3.93. The van der Waals surface area contributed by atoms with Gasteiger partial charge in [-0.15, -0.1) is 0 Å². The van der Waals surface area contributed by atoms with E-state index in [0.29, 0.717) is 5.82 Å². The summed E-state index contributed by atoms with van der Waals surface area (Å²) in [5.74, 6) is 0.362. The molecule has 126 valence electrons. The molecule has 0 fully saturated rings. The van der Waals surface area contributed by atoms with Crippen molar-refractivity contribution in [3.05, 3.63) is 41.2 Å². The number of benzene rings is 1. The normalized spacial score (nSPS) is 12.4. The van der Waals surface area contributed by atoms with Gasteiger partial charge in [0.1, 0.15) is 5.82 Å². The molecule has 2 aromatic rings. The fourth-order valence-corrected chi connectivity index (χ4v) is 2.56. The number of hydrogen-bond acceptors (Lipinski definition) is 2. The Balaban J connectivity index is 2.51. The first-order chi connectivity index (χ1) is 10.6. The molecule has 0 radical (unpaired) electrons. The van der Waals surface area contributed by atoms with Crippen molar-refractivity contribution < 1.29 is 13.2 Å². The van der Waals surface area contributed by atoms with E-state index >= 15 is 0 Å². The van der Waals surface area contributed by atoms with Gasteiger partial charge in [0.15, 0.2) is 5.69 Å². The Kier molecular flexibility index (Phi) is 4.84. The van der Waals surface area contributed by atoms with Crippen molar-refractivity contribution in [2.24, 2.45) is 0 Å². The summed E-state index contributed by atoms with van der Waals surface area (Å²) in [4.78, 5) is 5.90. The van der Waals surface area contributed by atoms with Crippen molar-refractivity contribution in [3.63, 3.8) is 0 Å². The van der Waals surface area contributed by atoms with Gasteiger partial charge in [0.2, 0.25) is 0 Å². The predicted molar refractivity (Wildman–Crippen MR) is 85.2 cm³/mol. The third-order valence-corrected chi connectivity index (χ3v) is 3.61. The van der Waals surface area contributed by atoms with Gasteiger partial charge in [0.25, 0.3) is 0 Å². The number of imidazole rings is 1. The lowest BCUT2D eigenvalue weighted by Crippen LogP contribution is -2.11. The Labute approximate surface area is 134 Å². The summed E-state index contributed by atoms with van der Waals surface area (Å²) in [6.07, 6.45) is -3.35. The van der Waals surface area contributed by atoms with Crippen molar-refractivity contribution in [3.8, 4) is 11.4 Å². The van der Waals surface area contributed by atoms with E-state index < -0.39 is 11.9 Å². The average molecular weight is 325 g/mol. The maximum absolute atomic E-state index is 13.0. The number of alkyl halides is 3. The minimum atomic E-state index is -4.44. The highest BCUT2D eigenvalue weighted by Gasteiger charge is 2.35. The van der Waals surface area contributed by atoms with Crippen molar-refractivity contribution in [2.45, 2.75) is 39.5 Å². The molecule has 6 heteroatoms. The van der Waals surface area contributed by atoms with Crippen LogP contribution in [0.15, 0.2) is 24.4 Å². The molecule has 0 unspecified atom stereocenters. The number of aryl methyl sites for hydroxylation is 1. The second kappa shape index (κ2) is 6.35. The SMILES string of the molecule is Cc1cc(CN(C)C)ccc1-c1nc(C(F)(F)F)cn1C(C)C. The van der Waals surface area contributed by atoms with Crippen molar-refractivity contribution in [1.82, 2.24) is 14.5 Å². The van der Waals surface area contributed by atoms with Crippen LogP contribution in [0.5, 0.6) is 0 Å².